The first kappa shape index (κ1) is 14.2. The molecule has 0 aliphatic carbocycles. The van der Waals surface area contributed by atoms with Gasteiger partial charge in [-0.3, -0.25) is 9.36 Å². The van der Waals surface area contributed by atoms with Gasteiger partial charge >= 0.3 is 0 Å². The van der Waals surface area contributed by atoms with Crippen molar-refractivity contribution in [1.29, 1.82) is 0 Å². The van der Waals surface area contributed by atoms with Crippen LogP contribution in [0.2, 0.25) is 0 Å². The number of hydrogen-bond donors (Lipinski definition) is 0. The zero-order valence-electron chi connectivity index (χ0n) is 12.2. The van der Waals surface area contributed by atoms with E-state index in [1.54, 1.807) is 16.3 Å². The minimum absolute atomic E-state index is 0.0445. The van der Waals surface area contributed by atoms with Crippen LogP contribution in [0.25, 0.3) is 0 Å². The predicted molar refractivity (Wildman–Crippen MR) is 84.1 cm³/mol. The number of fused-ring (bicyclic) bond motifs is 1. The van der Waals surface area contributed by atoms with Crippen LogP contribution < -0.4 is 10.3 Å². The van der Waals surface area contributed by atoms with Gasteiger partial charge in [-0.2, -0.15) is 4.98 Å². The van der Waals surface area contributed by atoms with Gasteiger partial charge in [0.05, 0.1) is 5.56 Å². The van der Waals surface area contributed by atoms with Crippen molar-refractivity contribution in [2.24, 2.45) is 0 Å². The predicted octanol–water partition coefficient (Wildman–Crippen LogP) is 3.05. The van der Waals surface area contributed by atoms with Gasteiger partial charge in [0.25, 0.3) is 5.56 Å². The van der Waals surface area contributed by atoms with Crippen LogP contribution in [0.5, 0.6) is 5.88 Å². The van der Waals surface area contributed by atoms with Gasteiger partial charge < -0.3 is 4.74 Å². The quantitative estimate of drug-likeness (QED) is 0.814. The number of thioether (sulfide) groups is 1. The van der Waals surface area contributed by atoms with Crippen molar-refractivity contribution in [3.05, 3.63) is 51.8 Å². The number of benzene rings is 1. The van der Waals surface area contributed by atoms with Crippen molar-refractivity contribution in [2.75, 3.05) is 5.75 Å². The van der Waals surface area contributed by atoms with E-state index in [9.17, 15) is 4.79 Å². The summed E-state index contributed by atoms with van der Waals surface area (Å²) >= 11 is 1.61. The molecule has 0 amide bonds. The highest BCUT2D eigenvalue weighted by Gasteiger charge is 2.23. The molecule has 0 bridgehead atoms. The Bertz CT molecular complexity index is 695. The summed E-state index contributed by atoms with van der Waals surface area (Å²) in [6, 6.07) is 9.93. The number of nitrogens with zero attached hydrogens (tertiary/aromatic N) is 2. The van der Waals surface area contributed by atoms with Crippen LogP contribution in [0.3, 0.4) is 0 Å². The molecule has 5 heteroatoms. The van der Waals surface area contributed by atoms with Gasteiger partial charge in [-0.15, -0.1) is 0 Å². The second-order valence-corrected chi connectivity index (χ2v) is 6.41. The third kappa shape index (κ3) is 2.83. The Morgan fingerprint density at radius 2 is 2.10 bits per heavy atom. The lowest BCUT2D eigenvalue weighted by Crippen LogP contribution is -2.26. The van der Waals surface area contributed by atoms with Crippen molar-refractivity contribution < 1.29 is 4.74 Å². The second-order valence-electron chi connectivity index (χ2n) is 5.35. The molecule has 1 aromatic carbocycles. The van der Waals surface area contributed by atoms with Crippen molar-refractivity contribution in [2.45, 2.75) is 38.1 Å². The summed E-state index contributed by atoms with van der Waals surface area (Å²) in [5.74, 6) is 1.49. The van der Waals surface area contributed by atoms with Crippen LogP contribution in [0.15, 0.2) is 40.3 Å². The molecule has 110 valence electrons. The molecule has 0 unspecified atom stereocenters. The van der Waals surface area contributed by atoms with Crippen molar-refractivity contribution in [3.63, 3.8) is 0 Å². The summed E-state index contributed by atoms with van der Waals surface area (Å²) in [5, 5.41) is 0.771. The van der Waals surface area contributed by atoms with Gasteiger partial charge in [0.2, 0.25) is 5.88 Å². The number of ether oxygens (including phenoxy) is 1. The molecule has 4 nitrogen and oxygen atoms in total. The van der Waals surface area contributed by atoms with E-state index in [2.05, 4.69) is 4.98 Å². The average Bonchev–Trinajstić information content (AvgIpc) is 2.94. The Hall–Kier alpha value is -1.75. The lowest BCUT2D eigenvalue weighted by molar-refractivity contribution is 0.282. The van der Waals surface area contributed by atoms with Crippen molar-refractivity contribution in [3.8, 4) is 5.88 Å². The molecule has 0 atom stereocenters. The summed E-state index contributed by atoms with van der Waals surface area (Å²) in [7, 11) is 0. The largest absolute Gasteiger partial charge is 0.472 e. The van der Waals surface area contributed by atoms with E-state index in [0.29, 0.717) is 18.1 Å². The Morgan fingerprint density at radius 1 is 1.33 bits per heavy atom. The average molecular weight is 302 g/mol. The third-order valence-electron chi connectivity index (χ3n) is 3.48. The highest BCUT2D eigenvalue weighted by molar-refractivity contribution is 7.99. The van der Waals surface area contributed by atoms with E-state index < -0.39 is 0 Å². The van der Waals surface area contributed by atoms with Gasteiger partial charge in [0.15, 0.2) is 5.16 Å². The fourth-order valence-corrected chi connectivity index (χ4v) is 3.33. The number of hydrogen-bond acceptors (Lipinski definition) is 4. The SMILES string of the molecule is CC(C)c1c(OCc2ccccc2)nc2n(c1=O)CCS2. The van der Waals surface area contributed by atoms with Gasteiger partial charge in [-0.1, -0.05) is 55.9 Å². The summed E-state index contributed by atoms with van der Waals surface area (Å²) in [4.78, 5) is 17.1. The fourth-order valence-electron chi connectivity index (χ4n) is 2.40. The van der Waals surface area contributed by atoms with Crippen LogP contribution in [-0.4, -0.2) is 15.3 Å². The molecule has 0 N–H and O–H groups in total. The van der Waals surface area contributed by atoms with Gasteiger partial charge in [-0.05, 0) is 11.5 Å². The molecule has 2 aromatic rings. The normalized spacial score (nSPS) is 13.5. The standard InChI is InChI=1S/C16H18N2O2S/c1-11(2)13-14(20-10-12-6-4-3-5-7-12)17-16-18(15(13)19)8-9-21-16/h3-7,11H,8-10H2,1-2H3. The molecular weight excluding hydrogens is 284 g/mol. The molecule has 0 saturated heterocycles. The van der Waals surface area contributed by atoms with Crippen LogP contribution in [-0.2, 0) is 13.2 Å². The van der Waals surface area contributed by atoms with E-state index in [-0.39, 0.29) is 11.5 Å². The Labute approximate surface area is 128 Å². The molecule has 1 aliphatic rings. The molecule has 0 spiro atoms. The van der Waals surface area contributed by atoms with Crippen molar-refractivity contribution >= 4 is 11.8 Å². The zero-order chi connectivity index (χ0) is 14.8. The van der Waals surface area contributed by atoms with Crippen LogP contribution in [0.1, 0.15) is 30.9 Å². The lowest BCUT2D eigenvalue weighted by Gasteiger charge is -2.14. The zero-order valence-corrected chi connectivity index (χ0v) is 13.0. The van der Waals surface area contributed by atoms with Gasteiger partial charge in [0, 0.05) is 12.3 Å². The second kappa shape index (κ2) is 5.93. The number of rotatable bonds is 4. The third-order valence-corrected chi connectivity index (χ3v) is 4.43. The van der Waals surface area contributed by atoms with E-state index in [0.717, 1.165) is 23.0 Å². The van der Waals surface area contributed by atoms with Crippen LogP contribution in [0.4, 0.5) is 0 Å². The first-order chi connectivity index (χ1) is 10.2. The molecular formula is C16H18N2O2S. The Kier molecular flexibility index (Phi) is 4.01. The molecule has 2 heterocycles. The maximum atomic E-state index is 12.6. The van der Waals surface area contributed by atoms with E-state index in [4.69, 9.17) is 4.74 Å². The van der Waals surface area contributed by atoms with Crippen LogP contribution >= 0.6 is 11.8 Å². The Balaban J connectivity index is 1.94. The van der Waals surface area contributed by atoms with E-state index >= 15 is 0 Å². The Morgan fingerprint density at radius 3 is 2.81 bits per heavy atom. The lowest BCUT2D eigenvalue weighted by atomic mass is 10.1. The maximum Gasteiger partial charge on any atom is 0.261 e. The minimum Gasteiger partial charge on any atom is -0.472 e. The molecule has 1 aliphatic heterocycles. The van der Waals surface area contributed by atoms with E-state index in [1.165, 1.54) is 0 Å². The first-order valence-electron chi connectivity index (χ1n) is 7.11. The summed E-state index contributed by atoms with van der Waals surface area (Å²) in [6.45, 7) is 5.18. The maximum absolute atomic E-state index is 12.6. The van der Waals surface area contributed by atoms with Crippen molar-refractivity contribution in [1.82, 2.24) is 9.55 Å². The molecule has 1 aromatic heterocycles. The monoisotopic (exact) mass is 302 g/mol. The smallest absolute Gasteiger partial charge is 0.261 e. The van der Waals surface area contributed by atoms with E-state index in [1.807, 2.05) is 44.2 Å². The summed E-state index contributed by atoms with van der Waals surface area (Å²) < 4.78 is 7.61. The molecule has 0 radical (unpaired) electrons. The molecule has 21 heavy (non-hydrogen) atoms. The highest BCUT2D eigenvalue weighted by Crippen LogP contribution is 2.28. The molecule has 0 saturated carbocycles. The van der Waals surface area contributed by atoms with Gasteiger partial charge in [-0.25, -0.2) is 0 Å². The minimum atomic E-state index is 0.0445. The van der Waals surface area contributed by atoms with Gasteiger partial charge in [0.1, 0.15) is 6.61 Å². The summed E-state index contributed by atoms with van der Waals surface area (Å²) in [5.41, 5.74) is 1.79. The molecule has 0 fully saturated rings. The first-order valence-corrected chi connectivity index (χ1v) is 8.09. The van der Waals surface area contributed by atoms with Crippen LogP contribution in [0, 0.1) is 0 Å². The summed E-state index contributed by atoms with van der Waals surface area (Å²) in [6.07, 6.45) is 0. The number of aromatic nitrogens is 2. The fraction of sp³-hybridized carbons (Fsp3) is 0.375. The molecule has 3 rings (SSSR count). The topological polar surface area (TPSA) is 44.1 Å². The highest BCUT2D eigenvalue weighted by atomic mass is 32.2.